The van der Waals surface area contributed by atoms with Gasteiger partial charge in [0, 0.05) is 0 Å². The highest BCUT2D eigenvalue weighted by Gasteiger charge is 2.01. The number of rotatable bonds is 11. The van der Waals surface area contributed by atoms with Gasteiger partial charge in [0.25, 0.3) is 0 Å². The third-order valence-electron chi connectivity index (χ3n) is 4.88. The van der Waals surface area contributed by atoms with Crippen LogP contribution in [0.15, 0.2) is 109 Å². The molecule has 0 atom stereocenters. The fourth-order valence-electron chi connectivity index (χ4n) is 3.17. The third-order valence-corrected chi connectivity index (χ3v) is 4.88. The molecule has 0 aliphatic rings. The van der Waals surface area contributed by atoms with E-state index in [-0.39, 0.29) is 13.6 Å². The molecule has 4 aromatic rings. The number of ether oxygens (including phenoxy) is 4. The van der Waals surface area contributed by atoms with Gasteiger partial charge in [-0.2, -0.15) is 0 Å². The maximum absolute atomic E-state index is 5.67. The van der Waals surface area contributed by atoms with Crippen LogP contribution in [0, 0.1) is 0 Å². The van der Waals surface area contributed by atoms with E-state index in [1.807, 2.05) is 109 Å². The number of benzene rings is 4. The molecule has 0 fully saturated rings. The minimum Gasteiger partial charge on any atom is -0.468 e. The zero-order valence-corrected chi connectivity index (χ0v) is 17.9. The average molecular weight is 427 g/mol. The Hall–Kier alpha value is -3.60. The molecule has 4 nitrogen and oxygen atoms in total. The highest BCUT2D eigenvalue weighted by molar-refractivity contribution is 5.64. The number of hydrogen-bond acceptors (Lipinski definition) is 4. The van der Waals surface area contributed by atoms with Crippen molar-refractivity contribution in [2.75, 3.05) is 13.6 Å². The minimum absolute atomic E-state index is 0.215. The van der Waals surface area contributed by atoms with Crippen LogP contribution in [0.4, 0.5) is 0 Å². The monoisotopic (exact) mass is 426 g/mol. The standard InChI is InChI=1S/C28H26O4/c1-3-7-23(8-4-1)19-29-21-31-27-15-11-25(12-16-27)26-13-17-28(18-14-26)32-22-30-20-24-9-5-2-6-10-24/h1-18H,19-22H2. The zero-order valence-electron chi connectivity index (χ0n) is 17.9. The smallest absolute Gasteiger partial charge is 0.189 e. The molecule has 0 saturated carbocycles. The van der Waals surface area contributed by atoms with Crippen molar-refractivity contribution >= 4 is 0 Å². The van der Waals surface area contributed by atoms with E-state index < -0.39 is 0 Å². The lowest BCUT2D eigenvalue weighted by atomic mass is 10.1. The van der Waals surface area contributed by atoms with Crippen molar-refractivity contribution in [3.8, 4) is 22.6 Å². The van der Waals surface area contributed by atoms with E-state index >= 15 is 0 Å². The third kappa shape index (κ3) is 6.71. The maximum atomic E-state index is 5.67. The Morgan fingerprint density at radius 2 is 0.781 bits per heavy atom. The van der Waals surface area contributed by atoms with Gasteiger partial charge in [0.2, 0.25) is 0 Å². The number of hydrogen-bond donors (Lipinski definition) is 0. The molecule has 4 rings (SSSR count). The van der Waals surface area contributed by atoms with Gasteiger partial charge in [-0.3, -0.25) is 0 Å². The maximum Gasteiger partial charge on any atom is 0.189 e. The summed E-state index contributed by atoms with van der Waals surface area (Å²) in [6.45, 7) is 1.49. The first-order chi connectivity index (χ1) is 15.9. The van der Waals surface area contributed by atoms with Gasteiger partial charge in [0.05, 0.1) is 13.2 Å². The summed E-state index contributed by atoms with van der Waals surface area (Å²) in [6, 6.07) is 36.0. The normalized spacial score (nSPS) is 10.6. The zero-order chi connectivity index (χ0) is 21.8. The molecule has 4 heteroatoms. The van der Waals surface area contributed by atoms with Crippen molar-refractivity contribution < 1.29 is 18.9 Å². The second-order valence-corrected chi connectivity index (χ2v) is 7.24. The molecule has 0 amide bonds. The van der Waals surface area contributed by atoms with Gasteiger partial charge in [0.1, 0.15) is 11.5 Å². The molecule has 0 radical (unpaired) electrons. The molecule has 0 spiro atoms. The van der Waals surface area contributed by atoms with Crippen molar-refractivity contribution in [3.63, 3.8) is 0 Å². The highest BCUT2D eigenvalue weighted by atomic mass is 16.7. The summed E-state index contributed by atoms with van der Waals surface area (Å²) < 4.78 is 22.5. The van der Waals surface area contributed by atoms with Crippen molar-refractivity contribution in [3.05, 3.63) is 120 Å². The van der Waals surface area contributed by atoms with Crippen molar-refractivity contribution in [2.45, 2.75) is 13.2 Å². The van der Waals surface area contributed by atoms with Crippen LogP contribution in [0.25, 0.3) is 11.1 Å². The molecule has 0 unspecified atom stereocenters. The molecule has 0 bridgehead atoms. The van der Waals surface area contributed by atoms with Crippen molar-refractivity contribution in [1.82, 2.24) is 0 Å². The minimum atomic E-state index is 0.215. The van der Waals surface area contributed by atoms with E-state index in [0.717, 1.165) is 33.8 Å². The summed E-state index contributed by atoms with van der Waals surface area (Å²) in [5, 5.41) is 0. The summed E-state index contributed by atoms with van der Waals surface area (Å²) in [7, 11) is 0. The topological polar surface area (TPSA) is 36.9 Å². The molecule has 0 saturated heterocycles. The van der Waals surface area contributed by atoms with E-state index in [0.29, 0.717) is 13.2 Å². The van der Waals surface area contributed by atoms with Gasteiger partial charge in [0.15, 0.2) is 13.6 Å². The van der Waals surface area contributed by atoms with E-state index in [9.17, 15) is 0 Å². The average Bonchev–Trinajstić information content (AvgIpc) is 2.87. The molecule has 0 N–H and O–H groups in total. The van der Waals surface area contributed by atoms with E-state index in [1.165, 1.54) is 0 Å². The molecule has 32 heavy (non-hydrogen) atoms. The molecular formula is C28H26O4. The molecule has 0 aliphatic carbocycles. The summed E-state index contributed by atoms with van der Waals surface area (Å²) in [4.78, 5) is 0. The fourth-order valence-corrected chi connectivity index (χ4v) is 3.17. The largest absolute Gasteiger partial charge is 0.468 e. The predicted molar refractivity (Wildman–Crippen MR) is 125 cm³/mol. The molecule has 4 aromatic carbocycles. The Bertz CT molecular complexity index is 957. The quantitative estimate of drug-likeness (QED) is 0.204. The van der Waals surface area contributed by atoms with Crippen LogP contribution in [-0.4, -0.2) is 13.6 Å². The van der Waals surface area contributed by atoms with E-state index in [2.05, 4.69) is 0 Å². The van der Waals surface area contributed by atoms with Gasteiger partial charge >= 0.3 is 0 Å². The molecule has 0 aliphatic heterocycles. The van der Waals surface area contributed by atoms with Crippen molar-refractivity contribution in [1.29, 1.82) is 0 Å². The van der Waals surface area contributed by atoms with Crippen LogP contribution in [0.1, 0.15) is 11.1 Å². The van der Waals surface area contributed by atoms with E-state index in [1.54, 1.807) is 0 Å². The van der Waals surface area contributed by atoms with Gasteiger partial charge in [-0.15, -0.1) is 0 Å². The summed E-state index contributed by atoms with van der Waals surface area (Å²) in [6.07, 6.45) is 0. The predicted octanol–water partition coefficient (Wildman–Crippen LogP) is 6.46. The molecule has 162 valence electrons. The molecule has 0 aromatic heterocycles. The first-order valence-corrected chi connectivity index (χ1v) is 10.6. The summed E-state index contributed by atoms with van der Waals surface area (Å²) >= 11 is 0. The Kier molecular flexibility index (Phi) is 7.91. The Morgan fingerprint density at radius 3 is 1.16 bits per heavy atom. The van der Waals surface area contributed by atoms with Gasteiger partial charge < -0.3 is 18.9 Å². The highest BCUT2D eigenvalue weighted by Crippen LogP contribution is 2.24. The molecular weight excluding hydrogens is 400 g/mol. The first-order valence-electron chi connectivity index (χ1n) is 10.6. The van der Waals surface area contributed by atoms with Crippen LogP contribution in [-0.2, 0) is 22.7 Å². The second-order valence-electron chi connectivity index (χ2n) is 7.24. The van der Waals surface area contributed by atoms with Crippen molar-refractivity contribution in [2.24, 2.45) is 0 Å². The summed E-state index contributed by atoms with van der Waals surface area (Å²) in [5.41, 5.74) is 4.46. The van der Waals surface area contributed by atoms with Gasteiger partial charge in [-0.1, -0.05) is 84.9 Å². The lowest BCUT2D eigenvalue weighted by molar-refractivity contribution is 0.00488. The van der Waals surface area contributed by atoms with Gasteiger partial charge in [-0.05, 0) is 46.5 Å². The Balaban J connectivity index is 1.19. The second kappa shape index (κ2) is 11.7. The molecule has 0 heterocycles. The lowest BCUT2D eigenvalue weighted by Gasteiger charge is -2.10. The van der Waals surface area contributed by atoms with Crippen LogP contribution in [0.2, 0.25) is 0 Å². The summed E-state index contributed by atoms with van der Waals surface area (Å²) in [5.74, 6) is 1.55. The Morgan fingerprint density at radius 1 is 0.406 bits per heavy atom. The SMILES string of the molecule is c1ccc(COCOc2ccc(-c3ccc(OCOCc4ccccc4)cc3)cc2)cc1. The van der Waals surface area contributed by atoms with Crippen LogP contribution in [0.3, 0.4) is 0 Å². The van der Waals surface area contributed by atoms with Crippen LogP contribution < -0.4 is 9.47 Å². The lowest BCUT2D eigenvalue weighted by Crippen LogP contribution is -2.03. The van der Waals surface area contributed by atoms with Gasteiger partial charge in [-0.25, -0.2) is 0 Å². The fraction of sp³-hybridized carbons (Fsp3) is 0.143. The Labute approximate surface area is 189 Å². The first kappa shape index (κ1) is 21.6. The van der Waals surface area contributed by atoms with Crippen LogP contribution >= 0.6 is 0 Å². The van der Waals surface area contributed by atoms with E-state index in [4.69, 9.17) is 18.9 Å². The van der Waals surface area contributed by atoms with Crippen LogP contribution in [0.5, 0.6) is 11.5 Å².